The van der Waals surface area contributed by atoms with Gasteiger partial charge in [-0.15, -0.1) is 0 Å². The molecule has 6 nitrogen and oxygen atoms in total. The molecule has 2 aliphatic heterocycles. The van der Waals surface area contributed by atoms with Crippen LogP contribution >= 0.6 is 0 Å². The van der Waals surface area contributed by atoms with Gasteiger partial charge in [0, 0.05) is 38.3 Å². The Hall–Kier alpha value is -1.92. The number of hydrogen-bond donors (Lipinski definition) is 2. The lowest BCUT2D eigenvalue weighted by Crippen LogP contribution is -2.52. The van der Waals surface area contributed by atoms with E-state index in [4.69, 9.17) is 0 Å². The van der Waals surface area contributed by atoms with Crippen molar-refractivity contribution < 1.29 is 4.79 Å². The molecule has 1 aromatic heterocycles. The van der Waals surface area contributed by atoms with Crippen molar-refractivity contribution in [1.29, 1.82) is 0 Å². The highest BCUT2D eigenvalue weighted by molar-refractivity contribution is 5.83. The zero-order valence-corrected chi connectivity index (χ0v) is 16.0. The van der Waals surface area contributed by atoms with Crippen LogP contribution in [0, 0.1) is 5.41 Å². The van der Waals surface area contributed by atoms with E-state index in [2.05, 4.69) is 51.9 Å². The van der Waals surface area contributed by atoms with Crippen LogP contribution in [0.15, 0.2) is 24.3 Å². The monoisotopic (exact) mass is 355 g/mol. The van der Waals surface area contributed by atoms with Gasteiger partial charge in [-0.3, -0.25) is 9.69 Å². The zero-order valence-electron chi connectivity index (χ0n) is 16.0. The highest BCUT2D eigenvalue weighted by Gasteiger charge is 2.46. The van der Waals surface area contributed by atoms with Crippen molar-refractivity contribution in [2.24, 2.45) is 5.41 Å². The quantitative estimate of drug-likeness (QED) is 0.884. The lowest BCUT2D eigenvalue weighted by molar-refractivity contribution is -0.142. The third kappa shape index (κ3) is 3.35. The Balaban J connectivity index is 1.34. The van der Waals surface area contributed by atoms with Crippen molar-refractivity contribution in [3.63, 3.8) is 0 Å². The minimum absolute atomic E-state index is 0.0491. The summed E-state index contributed by atoms with van der Waals surface area (Å²) < 4.78 is 0. The summed E-state index contributed by atoms with van der Waals surface area (Å²) in [6.45, 7) is 11.4. The smallest absolute Gasteiger partial charge is 0.229 e. The lowest BCUT2D eigenvalue weighted by Gasteiger charge is -2.38. The molecule has 140 valence electrons. The minimum Gasteiger partial charge on any atom is -0.341 e. The Morgan fingerprint density at radius 3 is 2.54 bits per heavy atom. The number of amides is 1. The van der Waals surface area contributed by atoms with Crippen LogP contribution in [0.1, 0.15) is 33.0 Å². The summed E-state index contributed by atoms with van der Waals surface area (Å²) >= 11 is 0. The predicted octanol–water partition coefficient (Wildman–Crippen LogP) is 1.99. The number of nitrogens with one attached hydrogen (secondary N) is 2. The lowest BCUT2D eigenvalue weighted by atomic mass is 9.82. The van der Waals surface area contributed by atoms with Crippen molar-refractivity contribution in [2.75, 3.05) is 32.7 Å². The summed E-state index contributed by atoms with van der Waals surface area (Å²) in [7, 11) is 0. The van der Waals surface area contributed by atoms with Gasteiger partial charge in [0.25, 0.3) is 0 Å². The second-order valence-electron chi connectivity index (χ2n) is 8.74. The third-order valence-electron chi connectivity index (χ3n) is 5.78. The number of hydrogen-bond acceptors (Lipinski definition) is 4. The Labute approximate surface area is 155 Å². The Morgan fingerprint density at radius 2 is 1.88 bits per heavy atom. The van der Waals surface area contributed by atoms with Crippen LogP contribution in [0.25, 0.3) is 11.0 Å². The van der Waals surface area contributed by atoms with Gasteiger partial charge in [-0.1, -0.05) is 12.1 Å². The van der Waals surface area contributed by atoms with Crippen molar-refractivity contribution in [3.8, 4) is 0 Å². The summed E-state index contributed by atoms with van der Waals surface area (Å²) in [5.41, 5.74) is 1.87. The molecule has 2 aliphatic rings. The summed E-state index contributed by atoms with van der Waals surface area (Å²) in [4.78, 5) is 25.5. The topological polar surface area (TPSA) is 64.3 Å². The number of carbonyl (C=O) groups is 1. The van der Waals surface area contributed by atoms with Crippen molar-refractivity contribution in [1.82, 2.24) is 25.1 Å². The second kappa shape index (κ2) is 6.35. The highest BCUT2D eigenvalue weighted by Crippen LogP contribution is 2.36. The molecule has 2 N–H and O–H groups in total. The number of carbonyl (C=O) groups excluding carboxylic acids is 1. The molecule has 2 saturated heterocycles. The van der Waals surface area contributed by atoms with Crippen LogP contribution in [0.5, 0.6) is 0 Å². The number of fused-ring (bicyclic) bond motifs is 1. The molecule has 0 radical (unpaired) electrons. The van der Waals surface area contributed by atoms with Gasteiger partial charge in [0.1, 0.15) is 5.82 Å². The van der Waals surface area contributed by atoms with Gasteiger partial charge in [-0.25, -0.2) is 4.98 Å². The molecule has 4 rings (SSSR count). The first-order valence-corrected chi connectivity index (χ1v) is 9.55. The number of aromatic amines is 1. The first-order valence-electron chi connectivity index (χ1n) is 9.55. The third-order valence-corrected chi connectivity index (χ3v) is 5.78. The molecule has 0 spiro atoms. The maximum atomic E-state index is 13.0. The zero-order chi connectivity index (χ0) is 18.4. The highest BCUT2D eigenvalue weighted by atomic mass is 16.2. The van der Waals surface area contributed by atoms with Crippen molar-refractivity contribution in [3.05, 3.63) is 30.1 Å². The standard InChI is InChI=1S/C20H29N5O/c1-19(2)13-20(3,14-21-19)18(26)25-10-8-24(9-11-25)12-17-22-15-6-4-5-7-16(15)23-17/h4-7,21H,8-14H2,1-3H3,(H,22,23). The first kappa shape index (κ1) is 17.5. The summed E-state index contributed by atoms with van der Waals surface area (Å²) in [6, 6.07) is 8.12. The maximum absolute atomic E-state index is 13.0. The summed E-state index contributed by atoms with van der Waals surface area (Å²) in [6.07, 6.45) is 0.901. The Morgan fingerprint density at radius 1 is 1.15 bits per heavy atom. The van der Waals surface area contributed by atoms with E-state index >= 15 is 0 Å². The molecule has 1 aromatic carbocycles. The fraction of sp³-hybridized carbons (Fsp3) is 0.600. The van der Waals surface area contributed by atoms with Gasteiger partial charge in [0.05, 0.1) is 23.0 Å². The molecule has 2 aromatic rings. The van der Waals surface area contributed by atoms with Crippen LogP contribution in [-0.4, -0.2) is 63.9 Å². The molecule has 3 heterocycles. The van der Waals surface area contributed by atoms with E-state index in [0.29, 0.717) is 5.91 Å². The molecule has 1 atom stereocenters. The van der Waals surface area contributed by atoms with Crippen molar-refractivity contribution >= 4 is 16.9 Å². The van der Waals surface area contributed by atoms with E-state index < -0.39 is 0 Å². The molecule has 1 unspecified atom stereocenters. The second-order valence-corrected chi connectivity index (χ2v) is 8.74. The van der Waals surface area contributed by atoms with Gasteiger partial charge in [0.15, 0.2) is 0 Å². The van der Waals surface area contributed by atoms with Crippen LogP contribution in [0.2, 0.25) is 0 Å². The fourth-order valence-electron chi connectivity index (χ4n) is 4.47. The minimum atomic E-state index is -0.273. The number of aromatic nitrogens is 2. The fourth-order valence-corrected chi connectivity index (χ4v) is 4.47. The number of H-pyrrole nitrogens is 1. The Kier molecular flexibility index (Phi) is 4.28. The molecular formula is C20H29N5O. The summed E-state index contributed by atoms with van der Waals surface area (Å²) in [5.74, 6) is 1.30. The number of nitrogens with zero attached hydrogens (tertiary/aromatic N) is 3. The van der Waals surface area contributed by atoms with Crippen LogP contribution < -0.4 is 5.32 Å². The first-order chi connectivity index (χ1) is 12.3. The van der Waals surface area contributed by atoms with E-state index in [-0.39, 0.29) is 11.0 Å². The SMILES string of the molecule is CC1(C)CC(C)(C(=O)N2CCN(Cc3nc4ccccc4[nH]3)CC2)CN1. The molecular weight excluding hydrogens is 326 g/mol. The molecule has 6 heteroatoms. The average Bonchev–Trinajstić information content (AvgIpc) is 3.15. The van der Waals surface area contributed by atoms with Gasteiger partial charge in [-0.05, 0) is 39.3 Å². The molecule has 0 aliphatic carbocycles. The van der Waals surface area contributed by atoms with Gasteiger partial charge in [0.2, 0.25) is 5.91 Å². The van der Waals surface area contributed by atoms with Gasteiger partial charge in [-0.2, -0.15) is 0 Å². The molecule has 1 amide bonds. The van der Waals surface area contributed by atoms with Crippen molar-refractivity contribution in [2.45, 2.75) is 39.3 Å². The van der Waals surface area contributed by atoms with Gasteiger partial charge >= 0.3 is 0 Å². The van der Waals surface area contributed by atoms with E-state index in [0.717, 1.165) is 62.5 Å². The largest absolute Gasteiger partial charge is 0.341 e. The van der Waals surface area contributed by atoms with E-state index in [1.165, 1.54) is 0 Å². The van der Waals surface area contributed by atoms with E-state index in [1.807, 2.05) is 18.2 Å². The van der Waals surface area contributed by atoms with Crippen LogP contribution in [0.3, 0.4) is 0 Å². The molecule has 0 saturated carbocycles. The average molecular weight is 355 g/mol. The maximum Gasteiger partial charge on any atom is 0.229 e. The number of imidazole rings is 1. The summed E-state index contributed by atoms with van der Waals surface area (Å²) in [5, 5.41) is 3.49. The molecule has 26 heavy (non-hydrogen) atoms. The predicted molar refractivity (Wildman–Crippen MR) is 103 cm³/mol. The molecule has 2 fully saturated rings. The number of benzene rings is 1. The van der Waals surface area contributed by atoms with Crippen LogP contribution in [0.4, 0.5) is 0 Å². The van der Waals surface area contributed by atoms with Crippen LogP contribution in [-0.2, 0) is 11.3 Å². The number of para-hydroxylation sites is 2. The van der Waals surface area contributed by atoms with E-state index in [1.54, 1.807) is 0 Å². The molecule has 0 bridgehead atoms. The Bertz CT molecular complexity index is 772. The number of piperazine rings is 1. The number of rotatable bonds is 3. The van der Waals surface area contributed by atoms with E-state index in [9.17, 15) is 4.79 Å². The van der Waals surface area contributed by atoms with Gasteiger partial charge < -0.3 is 15.2 Å². The normalized spacial score (nSPS) is 26.5.